The Labute approximate surface area is 205 Å². The average molecular weight is 477 g/mol. The predicted molar refractivity (Wildman–Crippen MR) is 132 cm³/mol. The highest BCUT2D eigenvalue weighted by molar-refractivity contribution is 5.79. The summed E-state index contributed by atoms with van der Waals surface area (Å²) in [6.07, 6.45) is 3.68. The largest absolute Gasteiger partial charge is 0.497 e. The Morgan fingerprint density at radius 2 is 1.91 bits per heavy atom. The lowest BCUT2D eigenvalue weighted by Crippen LogP contribution is -2.35. The molecule has 8 nitrogen and oxygen atoms in total. The van der Waals surface area contributed by atoms with Crippen molar-refractivity contribution in [3.63, 3.8) is 0 Å². The zero-order chi connectivity index (χ0) is 24.5. The number of hydrogen-bond acceptors (Lipinski definition) is 6. The van der Waals surface area contributed by atoms with Gasteiger partial charge in [-0.15, -0.1) is 0 Å². The Hall–Kier alpha value is -3.68. The number of methoxy groups -OCH3 is 1. The molecule has 0 bridgehead atoms. The molecular formula is C27H32N4O4. The van der Waals surface area contributed by atoms with Crippen molar-refractivity contribution in [3.8, 4) is 17.1 Å². The quantitative estimate of drug-likeness (QED) is 0.578. The van der Waals surface area contributed by atoms with Gasteiger partial charge in [-0.1, -0.05) is 47.6 Å². The summed E-state index contributed by atoms with van der Waals surface area (Å²) in [4.78, 5) is 31.8. The van der Waals surface area contributed by atoms with Crippen LogP contribution in [0.3, 0.4) is 0 Å². The van der Waals surface area contributed by atoms with Gasteiger partial charge in [0.05, 0.1) is 7.11 Å². The van der Waals surface area contributed by atoms with Gasteiger partial charge < -0.3 is 19.5 Å². The lowest BCUT2D eigenvalue weighted by atomic mass is 9.99. The molecule has 2 heterocycles. The topological polar surface area (TPSA) is 97.6 Å². The van der Waals surface area contributed by atoms with Crippen LogP contribution < -0.4 is 10.1 Å². The lowest BCUT2D eigenvalue weighted by Gasteiger charge is -2.23. The number of aromatic nitrogens is 2. The summed E-state index contributed by atoms with van der Waals surface area (Å²) in [7, 11) is 1.63. The number of aryl methyl sites for hydroxylation is 1. The molecule has 0 saturated carbocycles. The Morgan fingerprint density at radius 1 is 1.11 bits per heavy atom. The molecule has 184 valence electrons. The van der Waals surface area contributed by atoms with Crippen LogP contribution in [0.1, 0.15) is 49.5 Å². The van der Waals surface area contributed by atoms with Crippen molar-refractivity contribution in [1.82, 2.24) is 20.4 Å². The smallest absolute Gasteiger partial charge is 0.230 e. The van der Waals surface area contributed by atoms with Crippen molar-refractivity contribution in [1.29, 1.82) is 0 Å². The summed E-state index contributed by atoms with van der Waals surface area (Å²) in [5, 5.41) is 7.12. The maximum atomic E-state index is 13.0. The number of benzene rings is 2. The molecule has 0 aliphatic carbocycles. The fourth-order valence-electron chi connectivity index (χ4n) is 4.30. The molecule has 4 rings (SSSR count). The number of rotatable bonds is 6. The van der Waals surface area contributed by atoms with Gasteiger partial charge >= 0.3 is 0 Å². The average Bonchev–Trinajstić information content (AvgIpc) is 3.37. The normalized spacial score (nSPS) is 17.3. The van der Waals surface area contributed by atoms with E-state index in [4.69, 9.17) is 9.26 Å². The van der Waals surface area contributed by atoms with Crippen LogP contribution in [-0.4, -0.2) is 53.6 Å². The molecule has 1 fully saturated rings. The molecule has 0 spiro atoms. The molecular weight excluding hydrogens is 444 g/mol. The first-order valence-electron chi connectivity index (χ1n) is 12.2. The van der Waals surface area contributed by atoms with Gasteiger partial charge in [-0.2, -0.15) is 4.98 Å². The molecule has 2 aromatic carbocycles. The van der Waals surface area contributed by atoms with Crippen molar-refractivity contribution in [2.24, 2.45) is 0 Å². The predicted octanol–water partition coefficient (Wildman–Crippen LogP) is 3.98. The number of amides is 2. The van der Waals surface area contributed by atoms with Gasteiger partial charge in [-0.3, -0.25) is 9.59 Å². The highest BCUT2D eigenvalue weighted by atomic mass is 16.5. The molecule has 1 aliphatic heterocycles. The van der Waals surface area contributed by atoms with Crippen LogP contribution in [0.4, 0.5) is 0 Å². The maximum absolute atomic E-state index is 13.0. The van der Waals surface area contributed by atoms with Gasteiger partial charge in [0, 0.05) is 44.0 Å². The molecule has 2 amide bonds. The molecule has 3 aromatic rings. The van der Waals surface area contributed by atoms with Gasteiger partial charge in [-0.25, -0.2) is 0 Å². The Bertz CT molecular complexity index is 1100. The SMILES string of the molecule is COc1ccc(CCC(=O)N2CCCC(c3nc(-c4ccccc4)no3)CCNC(=O)CC2)cc1. The van der Waals surface area contributed by atoms with E-state index in [1.54, 1.807) is 7.11 Å². The Balaban J connectivity index is 1.37. The molecule has 1 saturated heterocycles. The highest BCUT2D eigenvalue weighted by Gasteiger charge is 2.22. The van der Waals surface area contributed by atoms with Crippen molar-refractivity contribution >= 4 is 11.8 Å². The molecule has 35 heavy (non-hydrogen) atoms. The summed E-state index contributed by atoms with van der Waals surface area (Å²) in [5.41, 5.74) is 1.99. The van der Waals surface area contributed by atoms with Gasteiger partial charge in [0.2, 0.25) is 23.5 Å². The summed E-state index contributed by atoms with van der Waals surface area (Å²) in [6, 6.07) is 17.5. The van der Waals surface area contributed by atoms with Gasteiger partial charge in [0.1, 0.15) is 5.75 Å². The molecule has 1 aromatic heterocycles. The standard InChI is InChI=1S/C27H32N4O4/c1-34-23-12-9-20(10-13-23)11-14-25(33)31-18-5-8-22(15-17-28-24(32)16-19-31)27-29-26(30-35-27)21-6-3-2-4-7-21/h2-4,6-7,9-10,12-13,22H,5,8,11,14-19H2,1H3,(H,28,32). The third kappa shape index (κ3) is 6.91. The minimum Gasteiger partial charge on any atom is -0.497 e. The van der Waals surface area contributed by atoms with Crippen molar-refractivity contribution in [2.45, 2.75) is 44.4 Å². The second-order valence-electron chi connectivity index (χ2n) is 8.78. The molecule has 0 radical (unpaired) electrons. The summed E-state index contributed by atoms with van der Waals surface area (Å²) >= 11 is 0. The van der Waals surface area contributed by atoms with Crippen LogP contribution in [0.15, 0.2) is 59.1 Å². The first-order valence-corrected chi connectivity index (χ1v) is 12.2. The van der Waals surface area contributed by atoms with Crippen LogP contribution in [0, 0.1) is 0 Å². The molecule has 1 atom stereocenters. The van der Waals surface area contributed by atoms with Crippen molar-refractivity contribution in [2.75, 3.05) is 26.7 Å². The van der Waals surface area contributed by atoms with E-state index in [0.717, 1.165) is 29.7 Å². The van der Waals surface area contributed by atoms with Crippen LogP contribution in [0.5, 0.6) is 5.75 Å². The second kappa shape index (κ2) is 12.1. The summed E-state index contributed by atoms with van der Waals surface area (Å²) < 4.78 is 10.8. The van der Waals surface area contributed by atoms with Gasteiger partial charge in [0.15, 0.2) is 0 Å². The van der Waals surface area contributed by atoms with Crippen LogP contribution in [0.2, 0.25) is 0 Å². The first-order chi connectivity index (χ1) is 17.1. The highest BCUT2D eigenvalue weighted by Crippen LogP contribution is 2.26. The van der Waals surface area contributed by atoms with E-state index in [-0.39, 0.29) is 17.7 Å². The number of nitrogens with one attached hydrogen (secondary N) is 1. The van der Waals surface area contributed by atoms with Crippen LogP contribution in [0.25, 0.3) is 11.4 Å². The van der Waals surface area contributed by atoms with Crippen LogP contribution in [-0.2, 0) is 16.0 Å². The number of carbonyl (C=O) groups excluding carboxylic acids is 2. The summed E-state index contributed by atoms with van der Waals surface area (Å²) in [6.45, 7) is 1.57. The number of nitrogens with zero attached hydrogens (tertiary/aromatic N) is 3. The minimum absolute atomic E-state index is 0.0228. The second-order valence-corrected chi connectivity index (χ2v) is 8.78. The fourth-order valence-corrected chi connectivity index (χ4v) is 4.30. The first kappa shape index (κ1) is 24.4. The molecule has 8 heteroatoms. The number of ether oxygens (including phenoxy) is 1. The fraction of sp³-hybridized carbons (Fsp3) is 0.407. The van der Waals surface area contributed by atoms with Gasteiger partial charge in [-0.05, 0) is 43.4 Å². The zero-order valence-corrected chi connectivity index (χ0v) is 20.1. The molecule has 1 N–H and O–H groups in total. The van der Waals surface area contributed by atoms with E-state index in [2.05, 4.69) is 15.5 Å². The van der Waals surface area contributed by atoms with Crippen LogP contribution >= 0.6 is 0 Å². The summed E-state index contributed by atoms with van der Waals surface area (Å²) in [5.74, 6) is 1.98. The minimum atomic E-state index is -0.0471. The van der Waals surface area contributed by atoms with Gasteiger partial charge in [0.25, 0.3) is 0 Å². The zero-order valence-electron chi connectivity index (χ0n) is 20.1. The molecule has 1 unspecified atom stereocenters. The third-order valence-corrected chi connectivity index (χ3v) is 6.37. The van der Waals surface area contributed by atoms with E-state index in [9.17, 15) is 9.59 Å². The maximum Gasteiger partial charge on any atom is 0.230 e. The van der Waals surface area contributed by atoms with E-state index >= 15 is 0 Å². The molecule has 1 aliphatic rings. The number of carbonyl (C=O) groups is 2. The van der Waals surface area contributed by atoms with E-state index in [0.29, 0.717) is 57.0 Å². The lowest BCUT2D eigenvalue weighted by molar-refractivity contribution is -0.132. The van der Waals surface area contributed by atoms with E-state index < -0.39 is 0 Å². The van der Waals surface area contributed by atoms with E-state index in [1.807, 2.05) is 59.5 Å². The monoisotopic (exact) mass is 476 g/mol. The Kier molecular flexibility index (Phi) is 8.48. The Morgan fingerprint density at radius 3 is 2.69 bits per heavy atom. The van der Waals surface area contributed by atoms with Crippen molar-refractivity contribution in [3.05, 3.63) is 66.1 Å². The van der Waals surface area contributed by atoms with E-state index in [1.165, 1.54) is 0 Å². The third-order valence-electron chi connectivity index (χ3n) is 6.37. The number of hydrogen-bond donors (Lipinski definition) is 1. The van der Waals surface area contributed by atoms with Crippen molar-refractivity contribution < 1.29 is 18.8 Å².